The van der Waals surface area contributed by atoms with Gasteiger partial charge in [-0.3, -0.25) is 9.69 Å². The van der Waals surface area contributed by atoms with Gasteiger partial charge in [0.05, 0.1) is 12.5 Å². The summed E-state index contributed by atoms with van der Waals surface area (Å²) in [5.41, 5.74) is 3.39. The lowest BCUT2D eigenvalue weighted by Gasteiger charge is -2.40. The quantitative estimate of drug-likeness (QED) is 0.651. The molecule has 3 aromatic carbocycles. The number of benzene rings is 3. The fourth-order valence-corrected chi connectivity index (χ4v) is 4.00. The third-order valence-corrected chi connectivity index (χ3v) is 5.53. The summed E-state index contributed by atoms with van der Waals surface area (Å²) >= 11 is 0. The first-order valence-corrected chi connectivity index (χ1v) is 10.1. The minimum absolute atomic E-state index is 0.104. The van der Waals surface area contributed by atoms with Gasteiger partial charge in [-0.2, -0.15) is 0 Å². The maximum atomic E-state index is 13.1. The Morgan fingerprint density at radius 3 is 1.79 bits per heavy atom. The van der Waals surface area contributed by atoms with Crippen LogP contribution in [0.2, 0.25) is 0 Å². The third-order valence-electron chi connectivity index (χ3n) is 5.53. The summed E-state index contributed by atoms with van der Waals surface area (Å²) in [5.74, 6) is -0.171. The number of carbonyl (C=O) groups is 1. The number of nitrogens with zero attached hydrogens (tertiary/aromatic N) is 2. The van der Waals surface area contributed by atoms with Crippen LogP contribution in [-0.4, -0.2) is 41.9 Å². The molecule has 0 radical (unpaired) electrons. The van der Waals surface area contributed by atoms with Crippen LogP contribution in [0.3, 0.4) is 0 Å². The number of carbonyl (C=O) groups excluding carboxylic acids is 1. The van der Waals surface area contributed by atoms with E-state index < -0.39 is 0 Å². The molecule has 4 rings (SSSR count). The van der Waals surface area contributed by atoms with Crippen LogP contribution in [0.1, 0.15) is 22.7 Å². The normalized spacial score (nSPS) is 14.9. The summed E-state index contributed by atoms with van der Waals surface area (Å²) in [4.78, 5) is 17.1. The highest BCUT2D eigenvalue weighted by Crippen LogP contribution is 2.29. The van der Waals surface area contributed by atoms with Crippen molar-refractivity contribution in [3.8, 4) is 0 Å². The second-order valence-corrected chi connectivity index (χ2v) is 7.44. The smallest absolute Gasteiger partial charge is 0.227 e. The van der Waals surface area contributed by atoms with E-state index in [1.54, 1.807) is 12.1 Å². The Kier molecular flexibility index (Phi) is 6.01. The van der Waals surface area contributed by atoms with Gasteiger partial charge < -0.3 is 4.90 Å². The molecule has 0 unspecified atom stereocenters. The predicted molar refractivity (Wildman–Crippen MR) is 113 cm³/mol. The van der Waals surface area contributed by atoms with Gasteiger partial charge in [0.15, 0.2) is 0 Å². The summed E-state index contributed by atoms with van der Waals surface area (Å²) in [5, 5.41) is 0. The molecule has 3 aromatic rings. The first-order chi connectivity index (χ1) is 14.2. The van der Waals surface area contributed by atoms with Crippen LogP contribution < -0.4 is 0 Å². The Bertz CT molecular complexity index is 881. The monoisotopic (exact) mass is 388 g/mol. The third kappa shape index (κ3) is 4.72. The Labute approximate surface area is 171 Å². The molecule has 1 saturated heterocycles. The number of halogens is 1. The summed E-state index contributed by atoms with van der Waals surface area (Å²) in [6, 6.07) is 27.4. The highest BCUT2D eigenvalue weighted by molar-refractivity contribution is 5.78. The van der Waals surface area contributed by atoms with Gasteiger partial charge in [0, 0.05) is 26.2 Å². The SMILES string of the molecule is O=C(Cc1ccc(F)cc1)N1CCN(C(c2ccccc2)c2ccccc2)CC1. The maximum Gasteiger partial charge on any atom is 0.227 e. The largest absolute Gasteiger partial charge is 0.340 e. The van der Waals surface area contributed by atoms with Crippen molar-refractivity contribution in [3.63, 3.8) is 0 Å². The maximum absolute atomic E-state index is 13.1. The molecule has 0 bridgehead atoms. The van der Waals surface area contributed by atoms with Gasteiger partial charge in [-0.05, 0) is 28.8 Å². The zero-order valence-corrected chi connectivity index (χ0v) is 16.4. The van der Waals surface area contributed by atoms with E-state index >= 15 is 0 Å². The van der Waals surface area contributed by atoms with Gasteiger partial charge in [0.1, 0.15) is 5.82 Å². The molecule has 1 fully saturated rings. The Morgan fingerprint density at radius 1 is 0.759 bits per heavy atom. The molecule has 0 spiro atoms. The fourth-order valence-electron chi connectivity index (χ4n) is 4.00. The van der Waals surface area contributed by atoms with Crippen molar-refractivity contribution in [3.05, 3.63) is 107 Å². The van der Waals surface area contributed by atoms with Crippen LogP contribution in [0.4, 0.5) is 4.39 Å². The molecule has 0 atom stereocenters. The molecule has 0 N–H and O–H groups in total. The van der Waals surface area contributed by atoms with Gasteiger partial charge in [-0.25, -0.2) is 4.39 Å². The summed E-state index contributed by atoms with van der Waals surface area (Å²) in [7, 11) is 0. The zero-order valence-electron chi connectivity index (χ0n) is 16.4. The van der Waals surface area contributed by atoms with E-state index in [0.29, 0.717) is 19.5 Å². The highest BCUT2D eigenvalue weighted by Gasteiger charge is 2.28. The molecule has 29 heavy (non-hydrogen) atoms. The van der Waals surface area contributed by atoms with Crippen LogP contribution in [0.5, 0.6) is 0 Å². The van der Waals surface area contributed by atoms with Crippen molar-refractivity contribution >= 4 is 5.91 Å². The molecule has 1 amide bonds. The van der Waals surface area contributed by atoms with Crippen molar-refractivity contribution in [1.82, 2.24) is 9.80 Å². The minimum Gasteiger partial charge on any atom is -0.340 e. The fraction of sp³-hybridized carbons (Fsp3) is 0.240. The molecular weight excluding hydrogens is 363 g/mol. The van der Waals surface area contributed by atoms with E-state index in [4.69, 9.17) is 0 Å². The van der Waals surface area contributed by atoms with Crippen molar-refractivity contribution < 1.29 is 9.18 Å². The summed E-state index contributed by atoms with van der Waals surface area (Å²) in [6.07, 6.45) is 0.321. The van der Waals surface area contributed by atoms with Crippen LogP contribution in [0.15, 0.2) is 84.9 Å². The number of hydrogen-bond acceptors (Lipinski definition) is 2. The Morgan fingerprint density at radius 2 is 1.28 bits per heavy atom. The number of rotatable bonds is 5. The van der Waals surface area contributed by atoms with E-state index in [1.165, 1.54) is 23.3 Å². The van der Waals surface area contributed by atoms with Crippen molar-refractivity contribution in [2.75, 3.05) is 26.2 Å². The van der Waals surface area contributed by atoms with E-state index in [-0.39, 0.29) is 17.8 Å². The van der Waals surface area contributed by atoms with Gasteiger partial charge in [-0.1, -0.05) is 72.8 Å². The van der Waals surface area contributed by atoms with Crippen molar-refractivity contribution in [2.45, 2.75) is 12.5 Å². The minimum atomic E-state index is -0.275. The molecule has 0 aromatic heterocycles. The van der Waals surface area contributed by atoms with Gasteiger partial charge in [0.25, 0.3) is 0 Å². The molecule has 148 valence electrons. The number of piperazine rings is 1. The Balaban J connectivity index is 1.44. The van der Waals surface area contributed by atoms with E-state index in [1.807, 2.05) is 17.0 Å². The Hall–Kier alpha value is -2.98. The average Bonchev–Trinajstić information content (AvgIpc) is 2.77. The molecule has 3 nitrogen and oxygen atoms in total. The van der Waals surface area contributed by atoms with Gasteiger partial charge in [0.2, 0.25) is 5.91 Å². The van der Waals surface area contributed by atoms with Gasteiger partial charge >= 0.3 is 0 Å². The van der Waals surface area contributed by atoms with Gasteiger partial charge in [-0.15, -0.1) is 0 Å². The van der Waals surface area contributed by atoms with E-state index in [9.17, 15) is 9.18 Å². The number of amides is 1. The first-order valence-electron chi connectivity index (χ1n) is 10.1. The van der Waals surface area contributed by atoms with Crippen molar-refractivity contribution in [2.24, 2.45) is 0 Å². The van der Waals surface area contributed by atoms with Crippen LogP contribution in [0.25, 0.3) is 0 Å². The summed E-state index contributed by atoms with van der Waals surface area (Å²) < 4.78 is 13.1. The lowest BCUT2D eigenvalue weighted by atomic mass is 9.96. The van der Waals surface area contributed by atoms with Crippen LogP contribution >= 0.6 is 0 Å². The molecule has 1 heterocycles. The standard InChI is InChI=1S/C25H25FN2O/c26-23-13-11-20(12-14-23)19-24(29)27-15-17-28(18-16-27)25(21-7-3-1-4-8-21)22-9-5-2-6-10-22/h1-14,25H,15-19H2. The topological polar surface area (TPSA) is 23.6 Å². The second kappa shape index (κ2) is 9.01. The molecule has 0 aliphatic carbocycles. The summed E-state index contributed by atoms with van der Waals surface area (Å²) in [6.45, 7) is 3.06. The van der Waals surface area contributed by atoms with E-state index in [0.717, 1.165) is 18.7 Å². The van der Waals surface area contributed by atoms with Crippen molar-refractivity contribution in [1.29, 1.82) is 0 Å². The zero-order chi connectivity index (χ0) is 20.1. The highest BCUT2D eigenvalue weighted by atomic mass is 19.1. The molecular formula is C25H25FN2O. The average molecular weight is 388 g/mol. The molecule has 4 heteroatoms. The van der Waals surface area contributed by atoms with Crippen LogP contribution in [-0.2, 0) is 11.2 Å². The first kappa shape index (κ1) is 19.3. The lowest BCUT2D eigenvalue weighted by molar-refractivity contribution is -0.132. The molecule has 0 saturated carbocycles. The second-order valence-electron chi connectivity index (χ2n) is 7.44. The predicted octanol–water partition coefficient (Wildman–Crippen LogP) is 4.30. The molecule has 1 aliphatic rings. The molecule has 1 aliphatic heterocycles. The lowest BCUT2D eigenvalue weighted by Crippen LogP contribution is -2.50. The van der Waals surface area contributed by atoms with Crippen LogP contribution in [0, 0.1) is 5.82 Å². The van der Waals surface area contributed by atoms with E-state index in [2.05, 4.69) is 53.4 Å². The number of hydrogen-bond donors (Lipinski definition) is 0.